The Bertz CT molecular complexity index is 1840. The summed E-state index contributed by atoms with van der Waals surface area (Å²) in [5, 5.41) is 9.73. The van der Waals surface area contributed by atoms with E-state index >= 15 is 0 Å². The third-order valence-electron chi connectivity index (χ3n) is 18.5. The molecule has 0 aromatic heterocycles. The van der Waals surface area contributed by atoms with Crippen molar-refractivity contribution < 1.29 is 24.2 Å². The highest BCUT2D eigenvalue weighted by Crippen LogP contribution is 2.20. The molecule has 1 N–H and O–H groups in total. The Morgan fingerprint density at radius 1 is 0.253 bits per heavy atom. The Labute approximate surface area is 592 Å². The third-order valence-corrected chi connectivity index (χ3v) is 18.5. The van der Waals surface area contributed by atoms with E-state index in [0.29, 0.717) is 12.8 Å². The number of carbonyl (C=O) groups excluding carboxylic acids is 2. The molecule has 0 saturated heterocycles. The van der Waals surface area contributed by atoms with E-state index in [1.54, 1.807) is 0 Å². The van der Waals surface area contributed by atoms with Crippen LogP contribution in [0, 0.1) is 0 Å². The van der Waals surface area contributed by atoms with E-state index in [9.17, 15) is 14.7 Å². The molecular formula is C90H158O5. The standard InChI is InChI=1S/C90H158O5/c1-3-5-7-9-11-13-15-17-19-21-23-25-27-29-31-33-35-37-39-41-43-45-47-49-51-53-55-57-59-61-63-65-67-69-71-73-75-77-79-81-83-85-90(93)95-88(86-91)87-94-89(92)84-82-80-78-76-74-72-70-68-66-64-62-60-58-56-54-52-50-48-46-44-42-40-38-36-34-32-30-28-26-24-22-20-18-16-14-12-10-8-6-4-2/h5,7,11,13,17,19,23,25,29,31,35,37,41,43,47,49,53,55,59,61,88,91H,3-4,6,8-10,12,14-16,18,20-22,24,26-28,30,32-34,36,38-40,42,44-46,48,50-52,54,56-58,60,62-87H2,1-2H3/b7-5-,13-11-,19-17-,25-23-,31-29-,37-35-,43-41-,49-47-,55-53-,61-59-. The monoisotopic (exact) mass is 1320 g/mol. The van der Waals surface area contributed by atoms with Crippen molar-refractivity contribution in [3.8, 4) is 0 Å². The van der Waals surface area contributed by atoms with Gasteiger partial charge in [-0.15, -0.1) is 0 Å². The topological polar surface area (TPSA) is 72.8 Å². The molecule has 1 atom stereocenters. The summed E-state index contributed by atoms with van der Waals surface area (Å²) in [6.45, 7) is 4.07. The summed E-state index contributed by atoms with van der Waals surface area (Å²) in [5.41, 5.74) is 0. The summed E-state index contributed by atoms with van der Waals surface area (Å²) >= 11 is 0. The average molecular weight is 1320 g/mol. The fraction of sp³-hybridized carbons (Fsp3) is 0.756. The fourth-order valence-electron chi connectivity index (χ4n) is 12.4. The third kappa shape index (κ3) is 82.6. The first-order valence-electron chi connectivity index (χ1n) is 41.6. The molecule has 0 aliphatic rings. The van der Waals surface area contributed by atoms with Gasteiger partial charge in [0.2, 0.25) is 0 Å². The van der Waals surface area contributed by atoms with Crippen LogP contribution in [0.4, 0.5) is 0 Å². The van der Waals surface area contributed by atoms with Crippen molar-refractivity contribution in [3.05, 3.63) is 122 Å². The number of unbranched alkanes of at least 4 members (excludes halogenated alkanes) is 49. The van der Waals surface area contributed by atoms with Crippen molar-refractivity contribution in [2.24, 2.45) is 0 Å². The number of carbonyl (C=O) groups is 2. The lowest BCUT2D eigenvalue weighted by molar-refractivity contribution is -0.161. The van der Waals surface area contributed by atoms with E-state index in [1.165, 1.54) is 289 Å². The molecular weight excluding hydrogens is 1160 g/mol. The molecule has 0 fully saturated rings. The van der Waals surface area contributed by atoms with Gasteiger partial charge in [-0.25, -0.2) is 0 Å². The summed E-state index contributed by atoms with van der Waals surface area (Å²) in [4.78, 5) is 24.7. The molecule has 0 aliphatic carbocycles. The largest absolute Gasteiger partial charge is 0.462 e. The Hall–Kier alpha value is -3.70. The van der Waals surface area contributed by atoms with Gasteiger partial charge in [0.1, 0.15) is 6.61 Å². The van der Waals surface area contributed by atoms with Gasteiger partial charge in [0.05, 0.1) is 6.61 Å². The molecule has 0 spiro atoms. The molecule has 5 heteroatoms. The molecule has 0 aliphatic heterocycles. The van der Waals surface area contributed by atoms with Crippen LogP contribution < -0.4 is 0 Å². The minimum Gasteiger partial charge on any atom is -0.462 e. The summed E-state index contributed by atoms with van der Waals surface area (Å²) in [6.07, 6.45) is 124. The minimum absolute atomic E-state index is 0.0685. The average Bonchev–Trinajstić information content (AvgIpc) is 3.80. The van der Waals surface area contributed by atoms with Crippen LogP contribution in [0.25, 0.3) is 0 Å². The lowest BCUT2D eigenvalue weighted by Gasteiger charge is -2.15. The van der Waals surface area contributed by atoms with Gasteiger partial charge < -0.3 is 14.6 Å². The number of esters is 2. The Kier molecular flexibility index (Phi) is 81.2. The van der Waals surface area contributed by atoms with Gasteiger partial charge in [0.15, 0.2) is 6.10 Å². The van der Waals surface area contributed by atoms with E-state index < -0.39 is 6.10 Å². The molecule has 5 nitrogen and oxygen atoms in total. The molecule has 1 unspecified atom stereocenters. The van der Waals surface area contributed by atoms with Gasteiger partial charge in [0.25, 0.3) is 0 Å². The molecule has 0 heterocycles. The van der Waals surface area contributed by atoms with Crippen LogP contribution in [-0.2, 0) is 19.1 Å². The number of rotatable bonds is 77. The van der Waals surface area contributed by atoms with Gasteiger partial charge in [-0.05, 0) is 89.9 Å². The van der Waals surface area contributed by atoms with Crippen molar-refractivity contribution in [2.45, 2.75) is 424 Å². The molecule has 0 saturated carbocycles. The van der Waals surface area contributed by atoms with E-state index in [2.05, 4.69) is 135 Å². The van der Waals surface area contributed by atoms with Crippen molar-refractivity contribution in [1.29, 1.82) is 0 Å². The zero-order chi connectivity index (χ0) is 68.3. The molecule has 548 valence electrons. The first-order valence-corrected chi connectivity index (χ1v) is 41.6. The number of hydrogen-bond donors (Lipinski definition) is 1. The number of hydrogen-bond acceptors (Lipinski definition) is 5. The summed E-state index contributed by atoms with van der Waals surface area (Å²) in [5.74, 6) is -0.583. The van der Waals surface area contributed by atoms with Crippen molar-refractivity contribution in [1.82, 2.24) is 0 Å². The zero-order valence-electron chi connectivity index (χ0n) is 63.2. The zero-order valence-corrected chi connectivity index (χ0v) is 63.2. The van der Waals surface area contributed by atoms with E-state index in [4.69, 9.17) is 9.47 Å². The molecule has 0 aromatic rings. The molecule has 0 rings (SSSR count). The molecule has 0 radical (unpaired) electrons. The van der Waals surface area contributed by atoms with Crippen LogP contribution in [0.1, 0.15) is 418 Å². The highest BCUT2D eigenvalue weighted by Gasteiger charge is 2.16. The molecule has 95 heavy (non-hydrogen) atoms. The second-order valence-corrected chi connectivity index (χ2v) is 27.8. The maximum absolute atomic E-state index is 12.4. The van der Waals surface area contributed by atoms with Gasteiger partial charge in [-0.1, -0.05) is 437 Å². The van der Waals surface area contributed by atoms with Crippen LogP contribution >= 0.6 is 0 Å². The normalized spacial score (nSPS) is 12.8. The van der Waals surface area contributed by atoms with Crippen LogP contribution in [0.3, 0.4) is 0 Å². The number of allylic oxidation sites excluding steroid dienone is 20. The maximum Gasteiger partial charge on any atom is 0.306 e. The second-order valence-electron chi connectivity index (χ2n) is 27.8. The van der Waals surface area contributed by atoms with Crippen LogP contribution in [0.5, 0.6) is 0 Å². The van der Waals surface area contributed by atoms with Gasteiger partial charge in [-0.2, -0.15) is 0 Å². The van der Waals surface area contributed by atoms with Gasteiger partial charge in [0, 0.05) is 12.8 Å². The number of aliphatic hydroxyl groups is 1. The van der Waals surface area contributed by atoms with Gasteiger partial charge >= 0.3 is 11.9 Å². The minimum atomic E-state index is -0.782. The fourth-order valence-corrected chi connectivity index (χ4v) is 12.4. The summed E-state index contributed by atoms with van der Waals surface area (Å²) in [6, 6.07) is 0. The summed E-state index contributed by atoms with van der Waals surface area (Å²) < 4.78 is 10.8. The molecule has 0 bridgehead atoms. The number of aliphatic hydroxyl groups excluding tert-OH is 1. The quantitative estimate of drug-likeness (QED) is 0.0373. The first kappa shape index (κ1) is 91.3. The summed E-state index contributed by atoms with van der Waals surface area (Å²) in [7, 11) is 0. The Morgan fingerprint density at radius 3 is 0.684 bits per heavy atom. The smallest absolute Gasteiger partial charge is 0.306 e. The number of ether oxygens (including phenoxy) is 2. The van der Waals surface area contributed by atoms with Crippen LogP contribution in [0.2, 0.25) is 0 Å². The lowest BCUT2D eigenvalue weighted by Crippen LogP contribution is -2.28. The van der Waals surface area contributed by atoms with Crippen molar-refractivity contribution >= 4 is 11.9 Å². The molecule has 0 amide bonds. The van der Waals surface area contributed by atoms with E-state index in [1.807, 2.05) is 0 Å². The predicted molar refractivity (Wildman–Crippen MR) is 422 cm³/mol. The van der Waals surface area contributed by atoms with Crippen molar-refractivity contribution in [2.75, 3.05) is 13.2 Å². The predicted octanol–water partition coefficient (Wildman–Crippen LogP) is 29.6. The first-order chi connectivity index (χ1) is 47.1. The second kappa shape index (κ2) is 84.5. The van der Waals surface area contributed by atoms with Crippen LogP contribution in [-0.4, -0.2) is 36.4 Å². The van der Waals surface area contributed by atoms with E-state index in [0.717, 1.165) is 103 Å². The SMILES string of the molecule is CC/C=C\C/C=C\C/C=C\C/C=C\C/C=C\C/C=C\C/C=C\C/C=C\C/C=C\C/C=C\CCCCCCCCCCCCC(=O)OC(CO)COC(=O)CCCCCCCCCCCCCCCCCCCCCCCCCCCCCCCCCCCCCCCCCC. The molecule has 0 aromatic carbocycles. The highest BCUT2D eigenvalue weighted by atomic mass is 16.6. The maximum atomic E-state index is 12.4. The van der Waals surface area contributed by atoms with Crippen molar-refractivity contribution in [3.63, 3.8) is 0 Å². The Balaban J connectivity index is 3.45. The highest BCUT2D eigenvalue weighted by molar-refractivity contribution is 5.70. The Morgan fingerprint density at radius 2 is 0.453 bits per heavy atom. The van der Waals surface area contributed by atoms with Gasteiger partial charge in [-0.3, -0.25) is 9.59 Å². The lowest BCUT2D eigenvalue weighted by atomic mass is 10.0. The van der Waals surface area contributed by atoms with E-state index in [-0.39, 0.29) is 25.2 Å². The van der Waals surface area contributed by atoms with Crippen LogP contribution in [0.15, 0.2) is 122 Å².